The molecule has 0 unspecified atom stereocenters. The maximum absolute atomic E-state index is 11.2. The summed E-state index contributed by atoms with van der Waals surface area (Å²) in [6.45, 7) is 1.92. The van der Waals surface area contributed by atoms with Crippen molar-refractivity contribution >= 4 is 23.0 Å². The number of carbonyl (C=O) groups excluding carboxylic acids is 1. The Morgan fingerprint density at radius 2 is 1.62 bits per heavy atom. The van der Waals surface area contributed by atoms with E-state index in [0.29, 0.717) is 26.2 Å². The molecule has 1 aromatic rings. The Hall–Kier alpha value is -2.75. The largest absolute Gasteiger partial charge is 0.366 e. The minimum atomic E-state index is -0.951. The smallest absolute Gasteiger partial charge is 0.300 e. The van der Waals surface area contributed by atoms with E-state index in [4.69, 9.17) is 5.73 Å². The quantitative estimate of drug-likeness (QED) is 0.587. The summed E-state index contributed by atoms with van der Waals surface area (Å²) < 4.78 is 0. The predicted molar refractivity (Wildman–Crippen MR) is 73.4 cm³/mol. The molecule has 1 aliphatic rings. The molecule has 1 amide bonds. The Bertz CT molecular complexity index is 576. The van der Waals surface area contributed by atoms with Crippen molar-refractivity contribution in [3.8, 4) is 0 Å². The minimum absolute atomic E-state index is 0.0866. The summed E-state index contributed by atoms with van der Waals surface area (Å²) in [7, 11) is 0. The highest BCUT2D eigenvalue weighted by molar-refractivity contribution is 5.96. The van der Waals surface area contributed by atoms with Crippen LogP contribution in [0, 0.1) is 20.2 Å². The molecule has 1 aromatic carbocycles. The van der Waals surface area contributed by atoms with Crippen molar-refractivity contribution in [3.63, 3.8) is 0 Å². The molecule has 0 aliphatic carbocycles. The molecule has 1 aliphatic heterocycles. The third-order valence-electron chi connectivity index (χ3n) is 3.18. The van der Waals surface area contributed by atoms with Gasteiger partial charge in [0.2, 0.25) is 5.91 Å². The molecule has 112 valence electrons. The van der Waals surface area contributed by atoms with Crippen LogP contribution in [0.3, 0.4) is 0 Å². The number of nitrogens with two attached hydrogens (primary N) is 1. The summed E-state index contributed by atoms with van der Waals surface area (Å²) in [6.07, 6.45) is 0. The lowest BCUT2D eigenvalue weighted by molar-refractivity contribution is -0.392. The van der Waals surface area contributed by atoms with Gasteiger partial charge in [-0.05, 0) is 0 Å². The number of benzene rings is 1. The molecule has 1 fully saturated rings. The van der Waals surface area contributed by atoms with E-state index < -0.39 is 27.1 Å². The Kier molecular flexibility index (Phi) is 3.98. The van der Waals surface area contributed by atoms with Gasteiger partial charge in [-0.1, -0.05) is 0 Å². The van der Waals surface area contributed by atoms with Crippen LogP contribution < -0.4 is 16.0 Å². The zero-order chi connectivity index (χ0) is 15.6. The number of piperazine rings is 1. The topological polar surface area (TPSA) is 145 Å². The van der Waals surface area contributed by atoms with Crippen LogP contribution in [0.15, 0.2) is 12.1 Å². The van der Waals surface area contributed by atoms with E-state index in [1.807, 2.05) is 0 Å². The van der Waals surface area contributed by atoms with Crippen molar-refractivity contribution in [2.24, 2.45) is 5.73 Å². The highest BCUT2D eigenvalue weighted by atomic mass is 16.6. The van der Waals surface area contributed by atoms with E-state index in [2.05, 4.69) is 5.32 Å². The molecule has 0 radical (unpaired) electrons. The van der Waals surface area contributed by atoms with Crippen molar-refractivity contribution in [3.05, 3.63) is 37.9 Å². The number of nitro groups is 2. The van der Waals surface area contributed by atoms with Gasteiger partial charge in [0.05, 0.1) is 15.4 Å². The summed E-state index contributed by atoms with van der Waals surface area (Å²) in [6, 6.07) is 1.96. The van der Waals surface area contributed by atoms with Gasteiger partial charge >= 0.3 is 0 Å². The summed E-state index contributed by atoms with van der Waals surface area (Å²) in [4.78, 5) is 33.7. The van der Waals surface area contributed by atoms with Gasteiger partial charge in [0.25, 0.3) is 11.4 Å². The van der Waals surface area contributed by atoms with Gasteiger partial charge in [-0.2, -0.15) is 0 Å². The maximum Gasteiger partial charge on any atom is 0.300 e. The van der Waals surface area contributed by atoms with E-state index in [0.717, 1.165) is 12.1 Å². The molecule has 2 rings (SSSR count). The molecular formula is C11H13N5O5. The van der Waals surface area contributed by atoms with Gasteiger partial charge in [-0.3, -0.25) is 25.0 Å². The first kappa shape index (κ1) is 14.7. The Morgan fingerprint density at radius 3 is 2.00 bits per heavy atom. The number of nitro benzene ring substituents is 2. The fourth-order valence-electron chi connectivity index (χ4n) is 2.24. The van der Waals surface area contributed by atoms with Gasteiger partial charge in [-0.15, -0.1) is 0 Å². The number of hydrogen-bond donors (Lipinski definition) is 2. The fourth-order valence-corrected chi connectivity index (χ4v) is 2.24. The second-order valence-electron chi connectivity index (χ2n) is 4.48. The molecule has 10 nitrogen and oxygen atoms in total. The monoisotopic (exact) mass is 295 g/mol. The van der Waals surface area contributed by atoms with Gasteiger partial charge in [0, 0.05) is 38.3 Å². The van der Waals surface area contributed by atoms with Crippen molar-refractivity contribution < 1.29 is 14.6 Å². The second kappa shape index (κ2) is 5.71. The number of hydrogen-bond acceptors (Lipinski definition) is 7. The third-order valence-corrected chi connectivity index (χ3v) is 3.18. The highest BCUT2D eigenvalue weighted by Crippen LogP contribution is 2.38. The first-order valence-electron chi connectivity index (χ1n) is 6.14. The van der Waals surface area contributed by atoms with Crippen LogP contribution in [0.25, 0.3) is 0 Å². The SMILES string of the molecule is NC(=O)c1cc([N+](=O)[O-])c(N2CCNCC2)c([N+](=O)[O-])c1. The molecule has 0 bridgehead atoms. The fraction of sp³-hybridized carbons (Fsp3) is 0.364. The zero-order valence-corrected chi connectivity index (χ0v) is 10.9. The number of amides is 1. The van der Waals surface area contributed by atoms with Crippen molar-refractivity contribution in [1.82, 2.24) is 5.32 Å². The molecule has 0 saturated carbocycles. The second-order valence-corrected chi connectivity index (χ2v) is 4.48. The van der Waals surface area contributed by atoms with Crippen LogP contribution in [0.5, 0.6) is 0 Å². The van der Waals surface area contributed by atoms with Crippen molar-refractivity contribution in [2.75, 3.05) is 31.1 Å². The van der Waals surface area contributed by atoms with Gasteiger partial charge in [0.1, 0.15) is 0 Å². The number of nitrogens with one attached hydrogen (secondary N) is 1. The molecule has 21 heavy (non-hydrogen) atoms. The van der Waals surface area contributed by atoms with E-state index >= 15 is 0 Å². The lowest BCUT2D eigenvalue weighted by atomic mass is 10.1. The molecule has 0 aromatic heterocycles. The van der Waals surface area contributed by atoms with E-state index in [1.165, 1.54) is 0 Å². The van der Waals surface area contributed by atoms with Gasteiger partial charge in [-0.25, -0.2) is 0 Å². The van der Waals surface area contributed by atoms with Crippen molar-refractivity contribution in [2.45, 2.75) is 0 Å². The Morgan fingerprint density at radius 1 is 1.14 bits per heavy atom. The highest BCUT2D eigenvalue weighted by Gasteiger charge is 2.32. The molecule has 0 spiro atoms. The van der Waals surface area contributed by atoms with Crippen LogP contribution in [0.4, 0.5) is 17.1 Å². The number of primary amides is 1. The number of anilines is 1. The third kappa shape index (κ3) is 2.89. The lowest BCUT2D eigenvalue weighted by Crippen LogP contribution is -2.44. The summed E-state index contributed by atoms with van der Waals surface area (Å²) in [5, 5.41) is 25.5. The van der Waals surface area contributed by atoms with E-state index in [1.54, 1.807) is 4.90 Å². The number of rotatable bonds is 4. The molecule has 10 heteroatoms. The van der Waals surface area contributed by atoms with Crippen LogP contribution >= 0.6 is 0 Å². The first-order chi connectivity index (χ1) is 9.91. The lowest BCUT2D eigenvalue weighted by Gasteiger charge is -2.28. The molecule has 0 atom stereocenters. The van der Waals surface area contributed by atoms with Crippen LogP contribution in [-0.2, 0) is 0 Å². The number of nitrogens with zero attached hydrogens (tertiary/aromatic N) is 3. The van der Waals surface area contributed by atoms with Crippen LogP contribution in [-0.4, -0.2) is 41.9 Å². The summed E-state index contributed by atoms with van der Waals surface area (Å²) in [5.74, 6) is -0.951. The summed E-state index contributed by atoms with van der Waals surface area (Å²) >= 11 is 0. The van der Waals surface area contributed by atoms with Crippen LogP contribution in [0.1, 0.15) is 10.4 Å². The van der Waals surface area contributed by atoms with E-state index in [-0.39, 0.29) is 11.3 Å². The van der Waals surface area contributed by atoms with Gasteiger partial charge in [0.15, 0.2) is 5.69 Å². The molecule has 1 saturated heterocycles. The van der Waals surface area contributed by atoms with E-state index in [9.17, 15) is 25.0 Å². The van der Waals surface area contributed by atoms with Crippen molar-refractivity contribution in [1.29, 1.82) is 0 Å². The zero-order valence-electron chi connectivity index (χ0n) is 10.9. The summed E-state index contributed by atoms with van der Waals surface area (Å²) in [5.41, 5.74) is 3.76. The minimum Gasteiger partial charge on any atom is -0.366 e. The number of carbonyl (C=O) groups is 1. The molecule has 3 N–H and O–H groups in total. The Labute approximate surface area is 118 Å². The normalized spacial score (nSPS) is 14.8. The van der Waals surface area contributed by atoms with Crippen LogP contribution in [0.2, 0.25) is 0 Å². The Balaban J connectivity index is 2.66. The average Bonchev–Trinajstić information content (AvgIpc) is 2.46. The van der Waals surface area contributed by atoms with Gasteiger partial charge < -0.3 is 16.0 Å². The molecule has 1 heterocycles. The maximum atomic E-state index is 11.2. The average molecular weight is 295 g/mol. The predicted octanol–water partition coefficient (Wildman–Crippen LogP) is 0.0115. The molecular weight excluding hydrogens is 282 g/mol. The standard InChI is InChI=1S/C11H13N5O5/c12-11(17)7-5-8(15(18)19)10(9(6-7)16(20)21)14-3-1-13-2-4-14/h5-6,13H,1-4H2,(H2,12,17). The first-order valence-corrected chi connectivity index (χ1v) is 6.14.